The average Bonchev–Trinajstić information content (AvgIpc) is 2.81. The molecule has 17 heavy (non-hydrogen) atoms. The molecule has 0 saturated carbocycles. The first-order valence-electron chi connectivity index (χ1n) is 4.89. The minimum absolute atomic E-state index is 0.370. The highest BCUT2D eigenvalue weighted by atomic mass is 32.2. The lowest BCUT2D eigenvalue weighted by Gasteiger charge is -2.01. The fourth-order valence-corrected chi connectivity index (χ4v) is 2.35. The van der Waals surface area contributed by atoms with Crippen molar-refractivity contribution in [1.82, 2.24) is 15.2 Å². The predicted molar refractivity (Wildman–Crippen MR) is 63.0 cm³/mol. The van der Waals surface area contributed by atoms with Crippen LogP contribution in [0.15, 0.2) is 55.9 Å². The second-order valence-corrected chi connectivity index (χ2v) is 4.35. The van der Waals surface area contributed by atoms with Crippen LogP contribution in [-0.2, 0) is 0 Å². The maximum absolute atomic E-state index is 11.4. The molecule has 1 N–H and O–H groups in total. The van der Waals surface area contributed by atoms with E-state index in [1.807, 2.05) is 18.2 Å². The average molecular weight is 245 g/mol. The van der Waals surface area contributed by atoms with Crippen LogP contribution in [0.2, 0.25) is 0 Å². The molecule has 0 aliphatic rings. The Balaban J connectivity index is 2.18. The van der Waals surface area contributed by atoms with Gasteiger partial charge >= 0.3 is 5.63 Å². The van der Waals surface area contributed by atoms with Crippen molar-refractivity contribution in [1.29, 1.82) is 0 Å². The second kappa shape index (κ2) is 4.06. The zero-order valence-electron chi connectivity index (χ0n) is 8.58. The lowest BCUT2D eigenvalue weighted by Crippen LogP contribution is -1.97. The molecule has 0 fully saturated rings. The van der Waals surface area contributed by atoms with Crippen LogP contribution in [0.5, 0.6) is 0 Å². The molecule has 2 aromatic heterocycles. The van der Waals surface area contributed by atoms with Crippen molar-refractivity contribution >= 4 is 22.7 Å². The number of para-hydroxylation sites is 1. The molecule has 1 aromatic carbocycles. The number of H-pyrrole nitrogens is 1. The molecule has 0 aliphatic heterocycles. The van der Waals surface area contributed by atoms with Gasteiger partial charge in [-0.15, -0.1) is 0 Å². The Labute approximate surface area is 99.9 Å². The number of aromatic nitrogens is 3. The van der Waals surface area contributed by atoms with E-state index in [0.717, 1.165) is 10.3 Å². The third kappa shape index (κ3) is 1.94. The first-order valence-corrected chi connectivity index (χ1v) is 5.71. The van der Waals surface area contributed by atoms with Crippen LogP contribution in [0.1, 0.15) is 0 Å². The highest BCUT2D eigenvalue weighted by Crippen LogP contribution is 2.29. The van der Waals surface area contributed by atoms with E-state index in [0.29, 0.717) is 10.7 Å². The molecule has 3 aromatic rings. The Kier molecular flexibility index (Phi) is 2.41. The van der Waals surface area contributed by atoms with Crippen molar-refractivity contribution in [3.63, 3.8) is 0 Å². The number of nitrogens with one attached hydrogen (secondary N) is 1. The van der Waals surface area contributed by atoms with Crippen molar-refractivity contribution in [2.45, 2.75) is 10.1 Å². The van der Waals surface area contributed by atoms with Crippen molar-refractivity contribution in [3.05, 3.63) is 47.1 Å². The van der Waals surface area contributed by atoms with E-state index < -0.39 is 0 Å². The van der Waals surface area contributed by atoms with Gasteiger partial charge in [0.05, 0.1) is 0 Å². The Morgan fingerprint density at radius 1 is 1.29 bits per heavy atom. The molecule has 84 valence electrons. The smallest absolute Gasteiger partial charge is 0.337 e. The molecule has 0 atom stereocenters. The molecule has 0 amide bonds. The Bertz CT molecular complexity index is 706. The van der Waals surface area contributed by atoms with Crippen LogP contribution < -0.4 is 5.63 Å². The van der Waals surface area contributed by atoms with Gasteiger partial charge in [0.25, 0.3) is 0 Å². The summed E-state index contributed by atoms with van der Waals surface area (Å²) in [6.07, 6.45) is 1.43. The van der Waals surface area contributed by atoms with E-state index in [1.165, 1.54) is 24.2 Å². The molecule has 0 saturated heterocycles. The maximum Gasteiger partial charge on any atom is 0.337 e. The zero-order valence-corrected chi connectivity index (χ0v) is 9.40. The van der Waals surface area contributed by atoms with Gasteiger partial charge in [-0.25, -0.2) is 9.78 Å². The zero-order chi connectivity index (χ0) is 11.7. The summed E-state index contributed by atoms with van der Waals surface area (Å²) in [5, 5.41) is 8.02. The number of nitrogens with zero attached hydrogens (tertiary/aromatic N) is 2. The summed E-state index contributed by atoms with van der Waals surface area (Å²) in [6.45, 7) is 0. The lowest BCUT2D eigenvalue weighted by molar-refractivity contribution is 0.557. The normalized spacial score (nSPS) is 10.8. The van der Waals surface area contributed by atoms with Gasteiger partial charge in [0, 0.05) is 16.3 Å². The number of hydrogen-bond donors (Lipinski definition) is 1. The van der Waals surface area contributed by atoms with Crippen molar-refractivity contribution in [2.24, 2.45) is 0 Å². The van der Waals surface area contributed by atoms with Crippen LogP contribution in [0.4, 0.5) is 0 Å². The van der Waals surface area contributed by atoms with Crippen LogP contribution in [-0.4, -0.2) is 15.2 Å². The predicted octanol–water partition coefficient (Wildman–Crippen LogP) is 2.06. The van der Waals surface area contributed by atoms with E-state index in [9.17, 15) is 4.79 Å². The number of benzene rings is 1. The van der Waals surface area contributed by atoms with Crippen LogP contribution >= 0.6 is 11.8 Å². The first-order chi connectivity index (χ1) is 8.33. The Morgan fingerprint density at radius 3 is 3.00 bits per heavy atom. The molecule has 3 rings (SSSR count). The van der Waals surface area contributed by atoms with Crippen LogP contribution in [0.3, 0.4) is 0 Å². The third-order valence-corrected chi connectivity index (χ3v) is 3.16. The van der Waals surface area contributed by atoms with Gasteiger partial charge in [0.15, 0.2) is 5.16 Å². The van der Waals surface area contributed by atoms with Crippen molar-refractivity contribution in [2.75, 3.05) is 0 Å². The van der Waals surface area contributed by atoms with Crippen LogP contribution in [0, 0.1) is 0 Å². The molecule has 0 spiro atoms. The van der Waals surface area contributed by atoms with Crippen molar-refractivity contribution in [3.8, 4) is 0 Å². The molecule has 0 bridgehead atoms. The summed E-state index contributed by atoms with van der Waals surface area (Å²) in [6, 6.07) is 8.84. The van der Waals surface area contributed by atoms with E-state index in [4.69, 9.17) is 4.42 Å². The Hall–Kier alpha value is -2.08. The fraction of sp³-hybridized carbons (Fsp3) is 0. The molecule has 0 unspecified atom stereocenters. The summed E-state index contributed by atoms with van der Waals surface area (Å²) in [7, 11) is 0. The summed E-state index contributed by atoms with van der Waals surface area (Å²) >= 11 is 1.35. The highest BCUT2D eigenvalue weighted by molar-refractivity contribution is 7.99. The first kappa shape index (κ1) is 10.1. The molecule has 0 radical (unpaired) electrons. The van der Waals surface area contributed by atoms with E-state index in [2.05, 4.69) is 15.2 Å². The monoisotopic (exact) mass is 245 g/mol. The lowest BCUT2D eigenvalue weighted by atomic mass is 10.2. The number of hydrogen-bond acceptors (Lipinski definition) is 5. The molecule has 6 heteroatoms. The minimum atomic E-state index is -0.370. The van der Waals surface area contributed by atoms with Gasteiger partial charge < -0.3 is 4.42 Å². The van der Waals surface area contributed by atoms with Gasteiger partial charge in [-0.2, -0.15) is 5.10 Å². The molecular formula is C11H7N3O2S. The topological polar surface area (TPSA) is 71.8 Å². The summed E-state index contributed by atoms with van der Waals surface area (Å²) in [5.74, 6) is 0. The van der Waals surface area contributed by atoms with E-state index in [1.54, 1.807) is 6.07 Å². The number of aromatic amines is 1. The van der Waals surface area contributed by atoms with Gasteiger partial charge in [-0.05, 0) is 17.8 Å². The molecule has 0 aliphatic carbocycles. The largest absolute Gasteiger partial charge is 0.423 e. The molecule has 5 nitrogen and oxygen atoms in total. The highest BCUT2D eigenvalue weighted by Gasteiger charge is 2.07. The molecule has 2 heterocycles. The standard InChI is InChI=1S/C11H7N3O2S/c15-10-5-9(17-11-12-6-13-14-11)7-3-1-2-4-8(7)16-10/h1-6H,(H,12,13,14). The minimum Gasteiger partial charge on any atom is -0.423 e. The van der Waals surface area contributed by atoms with Crippen molar-refractivity contribution < 1.29 is 4.42 Å². The number of fused-ring (bicyclic) bond motifs is 1. The summed E-state index contributed by atoms with van der Waals surface area (Å²) < 4.78 is 5.11. The fourth-order valence-electron chi connectivity index (χ4n) is 1.51. The Morgan fingerprint density at radius 2 is 2.18 bits per heavy atom. The van der Waals surface area contributed by atoms with Crippen LogP contribution in [0.25, 0.3) is 11.0 Å². The second-order valence-electron chi connectivity index (χ2n) is 3.32. The van der Waals surface area contributed by atoms with E-state index in [-0.39, 0.29) is 5.63 Å². The van der Waals surface area contributed by atoms with Gasteiger partial charge in [-0.3, -0.25) is 5.10 Å². The third-order valence-electron chi connectivity index (χ3n) is 2.21. The van der Waals surface area contributed by atoms with Gasteiger partial charge in [0.2, 0.25) is 0 Å². The molecular weight excluding hydrogens is 238 g/mol. The number of rotatable bonds is 2. The van der Waals surface area contributed by atoms with Gasteiger partial charge in [0.1, 0.15) is 11.9 Å². The quantitative estimate of drug-likeness (QED) is 0.700. The maximum atomic E-state index is 11.4. The SMILES string of the molecule is O=c1cc(Sc2ncn[nH]2)c2ccccc2o1. The van der Waals surface area contributed by atoms with Gasteiger partial charge in [-0.1, -0.05) is 18.2 Å². The summed E-state index contributed by atoms with van der Waals surface area (Å²) in [5.41, 5.74) is 0.202. The summed E-state index contributed by atoms with van der Waals surface area (Å²) in [4.78, 5) is 16.2. The van der Waals surface area contributed by atoms with E-state index >= 15 is 0 Å².